The molecule has 0 aliphatic rings. The Morgan fingerprint density at radius 1 is 1.25 bits per heavy atom. The Kier molecular flexibility index (Phi) is 4.97. The molecule has 0 radical (unpaired) electrons. The molecule has 0 bridgehead atoms. The van der Waals surface area contributed by atoms with Crippen LogP contribution in [-0.4, -0.2) is 16.8 Å². The summed E-state index contributed by atoms with van der Waals surface area (Å²) in [5.74, 6) is 0. The number of halogens is 3. The van der Waals surface area contributed by atoms with Gasteiger partial charge in [0.1, 0.15) is 0 Å². The smallest absolute Gasteiger partial charge is 0.0847 e. The number of aryl methyl sites for hydroxylation is 2. The van der Waals surface area contributed by atoms with Crippen molar-refractivity contribution in [2.24, 2.45) is 7.05 Å². The molecule has 1 atom stereocenters. The van der Waals surface area contributed by atoms with Crippen molar-refractivity contribution in [1.82, 2.24) is 15.1 Å². The van der Waals surface area contributed by atoms with Crippen LogP contribution in [0.1, 0.15) is 23.0 Å². The molecule has 0 fully saturated rings. The average Bonchev–Trinajstić information content (AvgIpc) is 2.65. The lowest BCUT2D eigenvalue weighted by Crippen LogP contribution is -2.20. The Bertz CT molecular complexity index is 622. The lowest BCUT2D eigenvalue weighted by atomic mass is 10.0. The Balaban J connectivity index is 2.31. The maximum Gasteiger partial charge on any atom is 0.0847 e. The lowest BCUT2D eigenvalue weighted by molar-refractivity contribution is 0.561. The highest BCUT2D eigenvalue weighted by Gasteiger charge is 2.18. The molecular formula is C14H16Cl3N3. The third kappa shape index (κ3) is 3.12. The Morgan fingerprint density at radius 3 is 2.45 bits per heavy atom. The molecule has 2 aromatic rings. The van der Waals surface area contributed by atoms with Crippen LogP contribution in [0.3, 0.4) is 0 Å². The van der Waals surface area contributed by atoms with Crippen LogP contribution >= 0.6 is 34.8 Å². The maximum absolute atomic E-state index is 6.30. The molecule has 1 aromatic heterocycles. The van der Waals surface area contributed by atoms with E-state index in [9.17, 15) is 0 Å². The first kappa shape index (κ1) is 15.6. The van der Waals surface area contributed by atoms with Gasteiger partial charge >= 0.3 is 0 Å². The minimum absolute atomic E-state index is 0.0945. The van der Waals surface area contributed by atoms with Crippen LogP contribution in [0.2, 0.25) is 15.1 Å². The number of likely N-dealkylation sites (N-methyl/N-ethyl adjacent to an activating group) is 1. The third-order valence-corrected chi connectivity index (χ3v) is 4.58. The fourth-order valence-electron chi connectivity index (χ4n) is 2.21. The van der Waals surface area contributed by atoms with Crippen molar-refractivity contribution in [1.29, 1.82) is 0 Å². The molecule has 0 aliphatic carbocycles. The summed E-state index contributed by atoms with van der Waals surface area (Å²) in [5.41, 5.74) is 2.90. The predicted molar refractivity (Wildman–Crippen MR) is 84.9 cm³/mol. The fourth-order valence-corrected chi connectivity index (χ4v) is 2.75. The molecule has 0 saturated carbocycles. The molecule has 0 amide bonds. The Morgan fingerprint density at radius 2 is 1.95 bits per heavy atom. The third-order valence-electron chi connectivity index (χ3n) is 3.35. The number of hydrogen-bond acceptors (Lipinski definition) is 2. The van der Waals surface area contributed by atoms with E-state index in [-0.39, 0.29) is 6.04 Å². The summed E-state index contributed by atoms with van der Waals surface area (Å²) in [4.78, 5) is 0. The van der Waals surface area contributed by atoms with Gasteiger partial charge < -0.3 is 5.32 Å². The summed E-state index contributed by atoms with van der Waals surface area (Å²) in [5, 5.41) is 9.43. The van der Waals surface area contributed by atoms with Gasteiger partial charge in [0.15, 0.2) is 0 Å². The molecule has 6 heteroatoms. The summed E-state index contributed by atoms with van der Waals surface area (Å²) < 4.78 is 1.82. The maximum atomic E-state index is 6.30. The SMILES string of the molecule is CNC(Cc1c(Cl)c(C)nn1C)c1ccc(Cl)c(Cl)c1. The van der Waals surface area contributed by atoms with Crippen LogP contribution in [0.5, 0.6) is 0 Å². The van der Waals surface area contributed by atoms with Gasteiger partial charge in [-0.05, 0) is 31.7 Å². The van der Waals surface area contributed by atoms with Crippen molar-refractivity contribution < 1.29 is 0 Å². The van der Waals surface area contributed by atoms with Gasteiger partial charge in [0.05, 0.1) is 26.5 Å². The van der Waals surface area contributed by atoms with E-state index in [0.717, 1.165) is 23.4 Å². The monoisotopic (exact) mass is 331 g/mol. The predicted octanol–water partition coefficient (Wildman–Crippen LogP) is 4.19. The normalized spacial score (nSPS) is 12.7. The molecule has 0 aliphatic heterocycles. The Labute approximate surface area is 133 Å². The minimum atomic E-state index is 0.0945. The number of benzene rings is 1. The van der Waals surface area contributed by atoms with Crippen molar-refractivity contribution in [2.75, 3.05) is 7.05 Å². The molecule has 3 nitrogen and oxygen atoms in total. The molecule has 1 N–H and O–H groups in total. The van der Waals surface area contributed by atoms with Gasteiger partial charge in [-0.3, -0.25) is 4.68 Å². The number of rotatable bonds is 4. The first-order valence-corrected chi connectivity index (χ1v) is 7.37. The molecular weight excluding hydrogens is 317 g/mol. The molecule has 1 aromatic carbocycles. The van der Waals surface area contributed by atoms with E-state index in [0.29, 0.717) is 15.1 Å². The lowest BCUT2D eigenvalue weighted by Gasteiger charge is -2.17. The Hall–Kier alpha value is -0.740. The molecule has 20 heavy (non-hydrogen) atoms. The highest BCUT2D eigenvalue weighted by atomic mass is 35.5. The van der Waals surface area contributed by atoms with Crippen molar-refractivity contribution in [3.8, 4) is 0 Å². The fraction of sp³-hybridized carbons (Fsp3) is 0.357. The van der Waals surface area contributed by atoms with Crippen LogP contribution in [-0.2, 0) is 13.5 Å². The van der Waals surface area contributed by atoms with Gasteiger partial charge in [0.25, 0.3) is 0 Å². The highest BCUT2D eigenvalue weighted by Crippen LogP contribution is 2.29. The van der Waals surface area contributed by atoms with E-state index >= 15 is 0 Å². The summed E-state index contributed by atoms with van der Waals surface area (Å²) >= 11 is 18.3. The van der Waals surface area contributed by atoms with Gasteiger partial charge in [-0.2, -0.15) is 5.10 Å². The minimum Gasteiger partial charge on any atom is -0.313 e. The number of nitrogens with one attached hydrogen (secondary N) is 1. The van der Waals surface area contributed by atoms with Crippen molar-refractivity contribution in [3.05, 3.63) is 50.2 Å². The van der Waals surface area contributed by atoms with Crippen LogP contribution in [0, 0.1) is 6.92 Å². The van der Waals surface area contributed by atoms with Crippen LogP contribution in [0.25, 0.3) is 0 Å². The van der Waals surface area contributed by atoms with Crippen LogP contribution in [0.15, 0.2) is 18.2 Å². The number of aromatic nitrogens is 2. The molecule has 1 heterocycles. The second-order valence-corrected chi connectivity index (χ2v) is 5.88. The van der Waals surface area contributed by atoms with Crippen molar-refractivity contribution in [2.45, 2.75) is 19.4 Å². The topological polar surface area (TPSA) is 29.9 Å². The number of nitrogens with zero attached hydrogens (tertiary/aromatic N) is 2. The molecule has 1 unspecified atom stereocenters. The van der Waals surface area contributed by atoms with Crippen LogP contribution in [0.4, 0.5) is 0 Å². The van der Waals surface area contributed by atoms with Gasteiger partial charge in [-0.15, -0.1) is 0 Å². The molecule has 108 valence electrons. The molecule has 2 rings (SSSR count). The zero-order valence-electron chi connectivity index (χ0n) is 11.5. The van der Waals surface area contributed by atoms with E-state index < -0.39 is 0 Å². The first-order valence-electron chi connectivity index (χ1n) is 6.24. The second kappa shape index (κ2) is 6.35. The van der Waals surface area contributed by atoms with E-state index in [1.54, 1.807) is 6.07 Å². The summed E-state index contributed by atoms with van der Waals surface area (Å²) in [6.45, 7) is 1.90. The quantitative estimate of drug-likeness (QED) is 0.909. The molecule has 0 saturated heterocycles. The first-order chi connectivity index (χ1) is 9.43. The summed E-state index contributed by atoms with van der Waals surface area (Å²) in [7, 11) is 3.81. The zero-order chi connectivity index (χ0) is 14.9. The van der Waals surface area contributed by atoms with Gasteiger partial charge in [0, 0.05) is 19.5 Å². The van der Waals surface area contributed by atoms with Gasteiger partial charge in [-0.1, -0.05) is 40.9 Å². The highest BCUT2D eigenvalue weighted by molar-refractivity contribution is 6.42. The van der Waals surface area contributed by atoms with Gasteiger partial charge in [-0.25, -0.2) is 0 Å². The van der Waals surface area contributed by atoms with E-state index in [4.69, 9.17) is 34.8 Å². The van der Waals surface area contributed by atoms with Crippen molar-refractivity contribution in [3.63, 3.8) is 0 Å². The molecule has 0 spiro atoms. The van der Waals surface area contributed by atoms with E-state index in [1.165, 1.54) is 0 Å². The van der Waals surface area contributed by atoms with Gasteiger partial charge in [0.2, 0.25) is 0 Å². The zero-order valence-corrected chi connectivity index (χ0v) is 13.8. The summed E-state index contributed by atoms with van der Waals surface area (Å²) in [6.07, 6.45) is 0.727. The standard InChI is InChI=1S/C14H16Cl3N3/c1-8-14(17)13(20(3)19-8)7-12(18-2)9-4-5-10(15)11(16)6-9/h4-6,12,18H,7H2,1-3H3. The van der Waals surface area contributed by atoms with E-state index in [1.807, 2.05) is 37.8 Å². The second-order valence-electron chi connectivity index (χ2n) is 4.69. The summed E-state index contributed by atoms with van der Waals surface area (Å²) in [6, 6.07) is 5.74. The van der Waals surface area contributed by atoms with Crippen LogP contribution < -0.4 is 5.32 Å². The van der Waals surface area contributed by atoms with E-state index in [2.05, 4.69) is 10.4 Å². The largest absolute Gasteiger partial charge is 0.313 e. The average molecular weight is 333 g/mol. The number of hydrogen-bond donors (Lipinski definition) is 1. The van der Waals surface area contributed by atoms with Crippen molar-refractivity contribution >= 4 is 34.8 Å².